The quantitative estimate of drug-likeness (QED) is 0.341. The van der Waals surface area contributed by atoms with Crippen LogP contribution in [0.2, 0.25) is 0 Å². The molecule has 0 aliphatic carbocycles. The maximum atomic E-state index is 13.4. The zero-order valence-electron chi connectivity index (χ0n) is 18.5. The van der Waals surface area contributed by atoms with E-state index in [0.29, 0.717) is 23.7 Å². The molecule has 1 aliphatic heterocycles. The van der Waals surface area contributed by atoms with Crippen LogP contribution in [-0.4, -0.2) is 35.2 Å². The number of hydrogen-bond donors (Lipinski definition) is 1. The molecule has 0 bridgehead atoms. The van der Waals surface area contributed by atoms with Crippen molar-refractivity contribution in [2.45, 2.75) is 13.8 Å². The molecule has 33 heavy (non-hydrogen) atoms. The van der Waals surface area contributed by atoms with Crippen LogP contribution in [0.4, 0.5) is 5.69 Å². The second-order valence-electron chi connectivity index (χ2n) is 7.32. The number of carbonyl (C=O) groups is 2. The normalized spacial score (nSPS) is 15.1. The summed E-state index contributed by atoms with van der Waals surface area (Å²) in [7, 11) is 1.61. The molecule has 1 aromatic heterocycles. The Kier molecular flexibility index (Phi) is 6.28. The molecule has 7 nitrogen and oxygen atoms in total. The van der Waals surface area contributed by atoms with Crippen molar-refractivity contribution in [3.8, 4) is 17.2 Å². The molecule has 1 N–H and O–H groups in total. The molecule has 0 radical (unpaired) electrons. The van der Waals surface area contributed by atoms with Crippen molar-refractivity contribution >= 4 is 40.9 Å². The van der Waals surface area contributed by atoms with Gasteiger partial charge in [-0.25, -0.2) is 0 Å². The number of carbonyl (C=O) groups excluding carboxylic acids is 2. The van der Waals surface area contributed by atoms with Gasteiger partial charge in [-0.15, -0.1) is 0 Å². The topological polar surface area (TPSA) is 72.8 Å². The lowest BCUT2D eigenvalue weighted by Gasteiger charge is -2.29. The zero-order chi connectivity index (χ0) is 23.5. The number of nitrogens with zero attached hydrogens (tertiary/aromatic N) is 2. The molecule has 1 saturated heterocycles. The van der Waals surface area contributed by atoms with Crippen LogP contribution in [0.1, 0.15) is 18.3 Å². The molecular weight excluding hydrogens is 438 g/mol. The first kappa shape index (κ1) is 22.3. The number of aromatic nitrogens is 1. The Morgan fingerprint density at radius 3 is 2.45 bits per heavy atom. The van der Waals surface area contributed by atoms with E-state index in [0.717, 1.165) is 17.1 Å². The van der Waals surface area contributed by atoms with Crippen molar-refractivity contribution < 1.29 is 19.1 Å². The van der Waals surface area contributed by atoms with Crippen LogP contribution in [-0.2, 0) is 9.59 Å². The third-order valence-corrected chi connectivity index (χ3v) is 5.50. The van der Waals surface area contributed by atoms with Gasteiger partial charge in [0, 0.05) is 23.1 Å². The Labute approximate surface area is 197 Å². The summed E-state index contributed by atoms with van der Waals surface area (Å²) in [4.78, 5) is 27.4. The lowest BCUT2D eigenvalue weighted by Crippen LogP contribution is -2.54. The largest absolute Gasteiger partial charge is 0.497 e. The van der Waals surface area contributed by atoms with Gasteiger partial charge in [0.1, 0.15) is 17.1 Å². The number of thiocarbonyl (C=S) groups is 1. The van der Waals surface area contributed by atoms with E-state index >= 15 is 0 Å². The van der Waals surface area contributed by atoms with E-state index in [-0.39, 0.29) is 10.7 Å². The Balaban J connectivity index is 1.74. The van der Waals surface area contributed by atoms with Crippen molar-refractivity contribution in [1.82, 2.24) is 9.88 Å². The van der Waals surface area contributed by atoms with E-state index in [2.05, 4.69) is 5.32 Å². The van der Waals surface area contributed by atoms with E-state index in [9.17, 15) is 9.59 Å². The third kappa shape index (κ3) is 4.38. The minimum absolute atomic E-state index is 0.0155. The SMILES string of the molecule is CCOc1cccc(N2C(=O)/C(=C/c3ccc(C)n3-c3ccc(OC)cc3)C(=O)NC2=S)c1. The van der Waals surface area contributed by atoms with Gasteiger partial charge in [0.2, 0.25) is 0 Å². The zero-order valence-corrected chi connectivity index (χ0v) is 19.3. The van der Waals surface area contributed by atoms with Crippen molar-refractivity contribution in [3.63, 3.8) is 0 Å². The maximum Gasteiger partial charge on any atom is 0.270 e. The van der Waals surface area contributed by atoms with Crippen molar-refractivity contribution in [2.75, 3.05) is 18.6 Å². The number of rotatable bonds is 6. The fraction of sp³-hybridized carbons (Fsp3) is 0.160. The molecule has 0 atom stereocenters. The molecule has 0 unspecified atom stereocenters. The van der Waals surface area contributed by atoms with Gasteiger partial charge in [-0.3, -0.25) is 19.8 Å². The molecule has 0 spiro atoms. The molecule has 2 heterocycles. The average molecular weight is 462 g/mol. The van der Waals surface area contributed by atoms with Crippen LogP contribution in [0.5, 0.6) is 11.5 Å². The molecule has 2 aromatic carbocycles. The number of nitrogens with one attached hydrogen (secondary N) is 1. The molecular formula is C25H23N3O4S. The molecule has 1 fully saturated rings. The fourth-order valence-corrected chi connectivity index (χ4v) is 3.96. The van der Waals surface area contributed by atoms with Crippen LogP contribution in [0, 0.1) is 6.92 Å². The summed E-state index contributed by atoms with van der Waals surface area (Å²) in [5.74, 6) is 0.306. The number of ether oxygens (including phenoxy) is 2. The highest BCUT2D eigenvalue weighted by molar-refractivity contribution is 7.80. The number of anilines is 1. The van der Waals surface area contributed by atoms with Gasteiger partial charge in [-0.2, -0.15) is 0 Å². The van der Waals surface area contributed by atoms with Crippen molar-refractivity contribution in [1.29, 1.82) is 0 Å². The fourth-order valence-electron chi connectivity index (χ4n) is 3.67. The smallest absolute Gasteiger partial charge is 0.270 e. The molecule has 8 heteroatoms. The number of hydrogen-bond acceptors (Lipinski definition) is 5. The Bertz CT molecular complexity index is 1260. The van der Waals surface area contributed by atoms with Crippen LogP contribution in [0.25, 0.3) is 11.8 Å². The Morgan fingerprint density at radius 1 is 1.00 bits per heavy atom. The Morgan fingerprint density at radius 2 is 1.76 bits per heavy atom. The molecule has 3 aromatic rings. The second-order valence-corrected chi connectivity index (χ2v) is 7.71. The van der Waals surface area contributed by atoms with Gasteiger partial charge in [-0.05, 0) is 80.7 Å². The standard InChI is InChI=1S/C25H23N3O4S/c1-4-32-21-7-5-6-18(14-21)28-24(30)22(23(29)26-25(28)33)15-19-9-8-16(2)27(19)17-10-12-20(31-3)13-11-17/h5-15H,4H2,1-3H3,(H,26,29,33)/b22-15+. The number of aryl methyl sites for hydroxylation is 1. The first-order valence-corrected chi connectivity index (χ1v) is 10.8. The van der Waals surface area contributed by atoms with Gasteiger partial charge >= 0.3 is 0 Å². The summed E-state index contributed by atoms with van der Waals surface area (Å²) >= 11 is 5.31. The van der Waals surface area contributed by atoms with Crippen LogP contribution >= 0.6 is 12.2 Å². The summed E-state index contributed by atoms with van der Waals surface area (Å²) in [5.41, 5.74) is 3.02. The summed E-state index contributed by atoms with van der Waals surface area (Å²) in [6, 6.07) is 18.4. The lowest BCUT2D eigenvalue weighted by atomic mass is 10.1. The number of amides is 2. The second kappa shape index (κ2) is 9.30. The molecule has 4 rings (SSSR count). The van der Waals surface area contributed by atoms with Crippen molar-refractivity contribution in [2.24, 2.45) is 0 Å². The van der Waals surface area contributed by atoms with E-state index in [1.54, 1.807) is 37.5 Å². The molecule has 0 saturated carbocycles. The first-order valence-electron chi connectivity index (χ1n) is 10.4. The van der Waals surface area contributed by atoms with Gasteiger partial charge in [0.15, 0.2) is 5.11 Å². The average Bonchev–Trinajstić information content (AvgIpc) is 3.17. The highest BCUT2D eigenvalue weighted by Gasteiger charge is 2.35. The predicted octanol–water partition coefficient (Wildman–Crippen LogP) is 4.02. The lowest BCUT2D eigenvalue weighted by molar-refractivity contribution is -0.122. The monoisotopic (exact) mass is 461 g/mol. The molecule has 168 valence electrons. The van der Waals surface area contributed by atoms with Crippen LogP contribution in [0.3, 0.4) is 0 Å². The van der Waals surface area contributed by atoms with E-state index < -0.39 is 11.8 Å². The van der Waals surface area contributed by atoms with E-state index in [4.69, 9.17) is 21.7 Å². The maximum absolute atomic E-state index is 13.4. The highest BCUT2D eigenvalue weighted by atomic mass is 32.1. The van der Waals surface area contributed by atoms with Gasteiger partial charge < -0.3 is 14.0 Å². The van der Waals surface area contributed by atoms with E-state index in [1.807, 2.05) is 54.8 Å². The van der Waals surface area contributed by atoms with Crippen LogP contribution in [0.15, 0.2) is 66.2 Å². The highest BCUT2D eigenvalue weighted by Crippen LogP contribution is 2.27. The molecule has 1 aliphatic rings. The minimum Gasteiger partial charge on any atom is -0.497 e. The predicted molar refractivity (Wildman–Crippen MR) is 131 cm³/mol. The third-order valence-electron chi connectivity index (χ3n) is 5.22. The van der Waals surface area contributed by atoms with E-state index in [1.165, 1.54) is 4.90 Å². The minimum atomic E-state index is -0.539. The van der Waals surface area contributed by atoms with Gasteiger partial charge in [0.25, 0.3) is 11.8 Å². The summed E-state index contributed by atoms with van der Waals surface area (Å²) in [6.45, 7) is 4.32. The van der Waals surface area contributed by atoms with Crippen molar-refractivity contribution in [3.05, 3.63) is 77.6 Å². The number of benzene rings is 2. The summed E-state index contributed by atoms with van der Waals surface area (Å²) in [5, 5.41) is 2.65. The Hall–Kier alpha value is -3.91. The summed E-state index contributed by atoms with van der Waals surface area (Å²) < 4.78 is 12.7. The first-order chi connectivity index (χ1) is 15.9. The van der Waals surface area contributed by atoms with Gasteiger partial charge in [0.05, 0.1) is 19.4 Å². The summed E-state index contributed by atoms with van der Waals surface area (Å²) in [6.07, 6.45) is 1.58. The molecule has 2 amide bonds. The van der Waals surface area contributed by atoms with Gasteiger partial charge in [-0.1, -0.05) is 6.07 Å². The number of methoxy groups -OCH3 is 1. The van der Waals surface area contributed by atoms with Crippen LogP contribution < -0.4 is 19.7 Å².